The molecule has 45 heavy (non-hydrogen) atoms. The van der Waals surface area contributed by atoms with Crippen LogP contribution < -0.4 is 10.4 Å². The number of fused-ring (bicyclic) bond motifs is 3. The highest BCUT2D eigenvalue weighted by Crippen LogP contribution is 2.58. The molecule has 0 unspecified atom stereocenters. The molecule has 9 heteroatoms. The van der Waals surface area contributed by atoms with E-state index in [0.29, 0.717) is 18.5 Å². The van der Waals surface area contributed by atoms with Crippen LogP contribution in [0.1, 0.15) is 58.6 Å². The Balaban J connectivity index is 1.42. The number of aliphatic hydroxyl groups is 1. The first kappa shape index (κ1) is 31.6. The molecular weight excluding hydrogens is 589 g/mol. The zero-order valence-electron chi connectivity index (χ0n) is 26.3. The fourth-order valence-electron chi connectivity index (χ4n) is 8.10. The summed E-state index contributed by atoms with van der Waals surface area (Å²) in [6, 6.07) is 24.4. The first-order chi connectivity index (χ1) is 21.4. The van der Waals surface area contributed by atoms with Gasteiger partial charge in [-0.15, -0.1) is 0 Å². The number of halogens is 1. The largest absolute Gasteiger partial charge is 0.505 e. The number of likely N-dealkylation sites (tertiary alicyclic amines) is 1. The molecule has 2 heterocycles. The minimum atomic E-state index is -3.00. The lowest BCUT2D eigenvalue weighted by atomic mass is 9.64. The summed E-state index contributed by atoms with van der Waals surface area (Å²) in [4.78, 5) is 28.7. The van der Waals surface area contributed by atoms with Crippen molar-refractivity contribution in [1.82, 2.24) is 4.90 Å². The molecule has 0 aromatic heterocycles. The molecular formula is C36H42FNO6Si. The number of ether oxygens (including phenoxy) is 1. The third kappa shape index (κ3) is 5.14. The second-order valence-corrected chi connectivity index (χ2v) is 18.1. The van der Waals surface area contributed by atoms with Crippen molar-refractivity contribution in [2.75, 3.05) is 13.2 Å². The molecule has 6 rings (SSSR count). The van der Waals surface area contributed by atoms with E-state index in [-0.39, 0.29) is 36.3 Å². The molecule has 2 amide bonds. The first-order valence-electron chi connectivity index (χ1n) is 15.9. The quantitative estimate of drug-likeness (QED) is 0.271. The second kappa shape index (κ2) is 11.8. The summed E-state index contributed by atoms with van der Waals surface area (Å²) in [5, 5.41) is 24.2. The molecule has 3 aromatic carbocycles. The van der Waals surface area contributed by atoms with E-state index in [0.717, 1.165) is 10.4 Å². The molecule has 238 valence electrons. The number of amides is 2. The molecule has 0 radical (unpaired) electrons. The molecule has 0 bridgehead atoms. The predicted octanol–water partition coefficient (Wildman–Crippen LogP) is 4.91. The van der Waals surface area contributed by atoms with Gasteiger partial charge in [0.2, 0.25) is 11.8 Å². The number of nitrogens with zero attached hydrogens (tertiary/aromatic N) is 1. The molecule has 1 saturated carbocycles. The standard InChI is InChI=1S/C36H42FNO6Si/c1-5-18-38-33(40)27-20-24(22-43-45(35(2,3)4,25-12-8-6-9-13-25)26-14-10-7-11-15-26)36(42)28(32(27)34(38)41)21-31(44-36)23-16-17-30(39)29(37)19-23/h6-17,19,24,27-28,31-32,39,42H,5,18,20-22H2,1-4H3/t24-,27+,28+,31+,32+,36-/m1/s1. The lowest BCUT2D eigenvalue weighted by molar-refractivity contribution is -0.273. The highest BCUT2D eigenvalue weighted by atomic mass is 28.4. The Morgan fingerprint density at radius 2 is 1.60 bits per heavy atom. The van der Waals surface area contributed by atoms with Gasteiger partial charge >= 0.3 is 0 Å². The lowest BCUT2D eigenvalue weighted by Gasteiger charge is -2.48. The third-order valence-corrected chi connectivity index (χ3v) is 15.2. The van der Waals surface area contributed by atoms with Crippen molar-refractivity contribution in [1.29, 1.82) is 0 Å². The number of hydrogen-bond donors (Lipinski definition) is 2. The summed E-state index contributed by atoms with van der Waals surface area (Å²) in [6.07, 6.45) is 0.374. The Kier molecular flexibility index (Phi) is 8.26. The van der Waals surface area contributed by atoms with Gasteiger partial charge in [-0.25, -0.2) is 4.39 Å². The maximum Gasteiger partial charge on any atom is 0.261 e. The summed E-state index contributed by atoms with van der Waals surface area (Å²) in [7, 11) is -3.00. The molecule has 2 aliphatic heterocycles. The van der Waals surface area contributed by atoms with E-state index in [1.807, 2.05) is 43.3 Å². The normalized spacial score (nSPS) is 28.3. The van der Waals surface area contributed by atoms with Crippen LogP contribution in [0.5, 0.6) is 5.75 Å². The Morgan fingerprint density at radius 3 is 2.16 bits per heavy atom. The van der Waals surface area contributed by atoms with E-state index in [9.17, 15) is 24.2 Å². The Bertz CT molecular complexity index is 1520. The number of benzene rings is 3. The van der Waals surface area contributed by atoms with Gasteiger partial charge in [0, 0.05) is 25.0 Å². The average molecular weight is 632 g/mol. The Morgan fingerprint density at radius 1 is 0.978 bits per heavy atom. The van der Waals surface area contributed by atoms with Gasteiger partial charge in [0.05, 0.1) is 17.9 Å². The van der Waals surface area contributed by atoms with Crippen molar-refractivity contribution < 1.29 is 33.4 Å². The van der Waals surface area contributed by atoms with Crippen LogP contribution in [0.3, 0.4) is 0 Å². The van der Waals surface area contributed by atoms with Crippen molar-refractivity contribution in [2.24, 2.45) is 23.7 Å². The number of rotatable bonds is 8. The number of phenolic OH excluding ortho intramolecular Hbond substituents is 1. The third-order valence-electron chi connectivity index (χ3n) is 10.2. The molecule has 6 atom stereocenters. The Hall–Kier alpha value is -3.37. The van der Waals surface area contributed by atoms with Gasteiger partial charge in [0.25, 0.3) is 8.32 Å². The monoisotopic (exact) mass is 631 g/mol. The van der Waals surface area contributed by atoms with E-state index in [1.165, 1.54) is 17.0 Å². The zero-order valence-corrected chi connectivity index (χ0v) is 27.3. The van der Waals surface area contributed by atoms with Crippen LogP contribution in [0.4, 0.5) is 4.39 Å². The molecule has 7 nitrogen and oxygen atoms in total. The summed E-state index contributed by atoms with van der Waals surface area (Å²) in [6.45, 7) is 8.89. The predicted molar refractivity (Wildman–Crippen MR) is 171 cm³/mol. The number of hydrogen-bond acceptors (Lipinski definition) is 6. The number of carbonyl (C=O) groups excluding carboxylic acids is 2. The van der Waals surface area contributed by atoms with Crippen molar-refractivity contribution >= 4 is 30.5 Å². The summed E-state index contributed by atoms with van der Waals surface area (Å²) in [5.74, 6) is -6.18. The number of aromatic hydroxyl groups is 1. The van der Waals surface area contributed by atoms with Crippen molar-refractivity contribution in [2.45, 2.75) is 63.9 Å². The van der Waals surface area contributed by atoms with Crippen molar-refractivity contribution in [3.63, 3.8) is 0 Å². The fourth-order valence-corrected chi connectivity index (χ4v) is 12.7. The van der Waals surface area contributed by atoms with Gasteiger partial charge in [-0.3, -0.25) is 14.5 Å². The van der Waals surface area contributed by atoms with Crippen LogP contribution in [0, 0.1) is 29.5 Å². The van der Waals surface area contributed by atoms with Gasteiger partial charge in [-0.2, -0.15) is 0 Å². The van der Waals surface area contributed by atoms with Crippen LogP contribution in [-0.2, 0) is 18.8 Å². The summed E-state index contributed by atoms with van der Waals surface area (Å²) < 4.78 is 28.1. The maximum absolute atomic E-state index is 14.4. The van der Waals surface area contributed by atoms with Crippen LogP contribution in [0.25, 0.3) is 0 Å². The van der Waals surface area contributed by atoms with E-state index in [1.54, 1.807) is 6.07 Å². The average Bonchev–Trinajstić information content (AvgIpc) is 3.49. The van der Waals surface area contributed by atoms with Gasteiger partial charge in [-0.05, 0) is 52.4 Å². The van der Waals surface area contributed by atoms with Crippen molar-refractivity contribution in [3.05, 3.63) is 90.2 Å². The summed E-state index contributed by atoms with van der Waals surface area (Å²) >= 11 is 0. The highest BCUT2D eigenvalue weighted by molar-refractivity contribution is 6.99. The number of phenols is 1. The van der Waals surface area contributed by atoms with E-state index in [4.69, 9.17) is 9.16 Å². The second-order valence-electron chi connectivity index (χ2n) is 13.8. The Labute approximate surface area is 265 Å². The first-order valence-corrected chi connectivity index (χ1v) is 17.8. The molecule has 3 aromatic rings. The molecule has 3 fully saturated rings. The van der Waals surface area contributed by atoms with Crippen LogP contribution >= 0.6 is 0 Å². The maximum atomic E-state index is 14.4. The zero-order chi connectivity index (χ0) is 32.1. The highest BCUT2D eigenvalue weighted by Gasteiger charge is 2.67. The lowest BCUT2D eigenvalue weighted by Crippen LogP contribution is -2.67. The van der Waals surface area contributed by atoms with Gasteiger partial charge in [0.15, 0.2) is 17.4 Å². The van der Waals surface area contributed by atoms with Crippen molar-refractivity contribution in [3.8, 4) is 5.75 Å². The molecule has 3 aliphatic rings. The molecule has 2 N–H and O–H groups in total. The fraction of sp³-hybridized carbons (Fsp3) is 0.444. The minimum Gasteiger partial charge on any atom is -0.505 e. The molecule has 1 aliphatic carbocycles. The topological polar surface area (TPSA) is 96.3 Å². The SMILES string of the molecule is CCCN1C(=O)[C@H]2[C@H](C[C@H](CO[Si](c3ccccc3)(c3ccccc3)C(C)(C)C)[C@@]3(O)O[C@H](c4ccc(O)c(F)c4)C[C@@H]23)C1=O. The van der Waals surface area contributed by atoms with Crippen LogP contribution in [-0.4, -0.2) is 54.2 Å². The number of imide groups is 1. The number of carbonyl (C=O) groups is 2. The van der Waals surface area contributed by atoms with E-state index in [2.05, 4.69) is 45.0 Å². The van der Waals surface area contributed by atoms with Gasteiger partial charge in [-0.1, -0.05) is 94.4 Å². The summed E-state index contributed by atoms with van der Waals surface area (Å²) in [5.41, 5.74) is 0.457. The molecule has 0 spiro atoms. The van der Waals surface area contributed by atoms with Gasteiger partial charge in [0.1, 0.15) is 0 Å². The van der Waals surface area contributed by atoms with E-state index < -0.39 is 55.4 Å². The molecule has 2 saturated heterocycles. The smallest absolute Gasteiger partial charge is 0.261 e. The van der Waals surface area contributed by atoms with Crippen LogP contribution in [0.2, 0.25) is 5.04 Å². The minimum absolute atomic E-state index is 0.107. The van der Waals surface area contributed by atoms with Crippen LogP contribution in [0.15, 0.2) is 78.9 Å². The van der Waals surface area contributed by atoms with Gasteiger partial charge < -0.3 is 19.4 Å². The van der Waals surface area contributed by atoms with E-state index >= 15 is 0 Å².